The van der Waals surface area contributed by atoms with Crippen molar-refractivity contribution in [3.05, 3.63) is 29.8 Å². The second-order valence-corrected chi connectivity index (χ2v) is 6.70. The molecular formula is C18H23N3O5. The maximum Gasteiger partial charge on any atom is 0.326 e. The van der Waals surface area contributed by atoms with E-state index in [4.69, 9.17) is 5.11 Å². The SMILES string of the molecule is CC(C)C[C@H](NC(=O)CNC(=O)C1CC(=O)Nc2ccccc21)C(=O)O. The number of nitrogens with one attached hydrogen (secondary N) is 3. The van der Waals surface area contributed by atoms with Gasteiger partial charge in [-0.05, 0) is 24.0 Å². The van der Waals surface area contributed by atoms with Crippen molar-refractivity contribution in [1.29, 1.82) is 0 Å². The third-order valence-corrected chi connectivity index (χ3v) is 4.08. The Balaban J connectivity index is 1.95. The van der Waals surface area contributed by atoms with E-state index in [0.29, 0.717) is 17.7 Å². The molecule has 4 N–H and O–H groups in total. The molecule has 1 aliphatic rings. The Kier molecular flexibility index (Phi) is 6.32. The van der Waals surface area contributed by atoms with Gasteiger partial charge in [0.2, 0.25) is 17.7 Å². The number of benzene rings is 1. The number of hydrogen-bond donors (Lipinski definition) is 4. The van der Waals surface area contributed by atoms with Crippen LogP contribution in [-0.4, -0.2) is 41.4 Å². The third kappa shape index (κ3) is 5.05. The van der Waals surface area contributed by atoms with Crippen LogP contribution in [0, 0.1) is 5.92 Å². The Labute approximate surface area is 151 Å². The van der Waals surface area contributed by atoms with Crippen LogP contribution in [0.25, 0.3) is 0 Å². The lowest BCUT2D eigenvalue weighted by Gasteiger charge is -2.24. The fraction of sp³-hybridized carbons (Fsp3) is 0.444. The first-order valence-corrected chi connectivity index (χ1v) is 8.46. The number of hydrogen-bond acceptors (Lipinski definition) is 4. The molecule has 0 bridgehead atoms. The highest BCUT2D eigenvalue weighted by Crippen LogP contribution is 2.31. The zero-order valence-corrected chi connectivity index (χ0v) is 14.7. The maximum atomic E-state index is 12.4. The van der Waals surface area contributed by atoms with Gasteiger partial charge in [0, 0.05) is 12.1 Å². The molecule has 8 heteroatoms. The van der Waals surface area contributed by atoms with E-state index in [-0.39, 0.29) is 24.8 Å². The van der Waals surface area contributed by atoms with Crippen molar-refractivity contribution in [2.45, 2.75) is 38.6 Å². The monoisotopic (exact) mass is 361 g/mol. The van der Waals surface area contributed by atoms with Crippen LogP contribution in [0.5, 0.6) is 0 Å². The Morgan fingerprint density at radius 2 is 1.96 bits per heavy atom. The maximum absolute atomic E-state index is 12.4. The van der Waals surface area contributed by atoms with Crippen LogP contribution in [0.3, 0.4) is 0 Å². The molecule has 2 atom stereocenters. The average Bonchev–Trinajstić information content (AvgIpc) is 2.57. The van der Waals surface area contributed by atoms with Crippen LogP contribution >= 0.6 is 0 Å². The summed E-state index contributed by atoms with van der Waals surface area (Å²) in [5.41, 5.74) is 1.27. The highest BCUT2D eigenvalue weighted by molar-refractivity contribution is 6.01. The zero-order chi connectivity index (χ0) is 19.3. The first-order chi connectivity index (χ1) is 12.3. The summed E-state index contributed by atoms with van der Waals surface area (Å²) in [5.74, 6) is -2.99. The van der Waals surface area contributed by atoms with Gasteiger partial charge in [-0.15, -0.1) is 0 Å². The van der Waals surface area contributed by atoms with Gasteiger partial charge in [0.1, 0.15) is 6.04 Å². The molecule has 3 amide bonds. The van der Waals surface area contributed by atoms with Crippen molar-refractivity contribution in [3.63, 3.8) is 0 Å². The molecule has 0 fully saturated rings. The van der Waals surface area contributed by atoms with E-state index in [1.54, 1.807) is 24.3 Å². The summed E-state index contributed by atoms with van der Waals surface area (Å²) < 4.78 is 0. The molecule has 1 unspecified atom stereocenters. The number of amides is 3. The van der Waals surface area contributed by atoms with Gasteiger partial charge in [0.15, 0.2) is 0 Å². The molecule has 0 spiro atoms. The van der Waals surface area contributed by atoms with Gasteiger partial charge < -0.3 is 21.1 Å². The van der Waals surface area contributed by atoms with Crippen LogP contribution in [0.4, 0.5) is 5.69 Å². The van der Waals surface area contributed by atoms with E-state index in [0.717, 1.165) is 0 Å². The number of para-hydroxylation sites is 1. The molecule has 1 aromatic carbocycles. The van der Waals surface area contributed by atoms with Gasteiger partial charge >= 0.3 is 5.97 Å². The lowest BCUT2D eigenvalue weighted by molar-refractivity contribution is -0.142. The molecule has 0 saturated carbocycles. The van der Waals surface area contributed by atoms with Crippen molar-refractivity contribution in [1.82, 2.24) is 10.6 Å². The summed E-state index contributed by atoms with van der Waals surface area (Å²) in [4.78, 5) is 47.3. The standard InChI is InChI=1S/C18H23N3O5/c1-10(2)7-14(18(25)26)21-16(23)9-19-17(24)12-8-15(22)20-13-6-4-3-5-11(12)13/h3-6,10,12,14H,7-9H2,1-2H3,(H,19,24)(H,20,22)(H,21,23)(H,25,26)/t12?,14-/m0/s1. The molecule has 140 valence electrons. The number of carbonyl (C=O) groups excluding carboxylic acids is 3. The van der Waals surface area contributed by atoms with E-state index in [9.17, 15) is 19.2 Å². The zero-order valence-electron chi connectivity index (χ0n) is 14.7. The fourth-order valence-electron chi connectivity index (χ4n) is 2.87. The fourth-order valence-corrected chi connectivity index (χ4v) is 2.87. The highest BCUT2D eigenvalue weighted by atomic mass is 16.4. The summed E-state index contributed by atoms with van der Waals surface area (Å²) in [7, 11) is 0. The molecule has 1 heterocycles. The molecule has 1 aromatic rings. The van der Waals surface area contributed by atoms with Crippen LogP contribution < -0.4 is 16.0 Å². The molecule has 2 rings (SSSR count). The van der Waals surface area contributed by atoms with Crippen LogP contribution in [0.15, 0.2) is 24.3 Å². The molecule has 0 radical (unpaired) electrons. The highest BCUT2D eigenvalue weighted by Gasteiger charge is 2.30. The van der Waals surface area contributed by atoms with Crippen molar-refractivity contribution >= 4 is 29.4 Å². The molecule has 0 aromatic heterocycles. The Morgan fingerprint density at radius 1 is 1.27 bits per heavy atom. The number of carbonyl (C=O) groups is 4. The Morgan fingerprint density at radius 3 is 2.62 bits per heavy atom. The molecule has 1 aliphatic heterocycles. The number of anilines is 1. The van der Waals surface area contributed by atoms with E-state index in [2.05, 4.69) is 16.0 Å². The first kappa shape index (κ1) is 19.4. The molecule has 8 nitrogen and oxygen atoms in total. The minimum atomic E-state index is -1.11. The Bertz CT molecular complexity index is 717. The summed E-state index contributed by atoms with van der Waals surface area (Å²) >= 11 is 0. The average molecular weight is 361 g/mol. The van der Waals surface area contributed by atoms with Crippen molar-refractivity contribution < 1.29 is 24.3 Å². The minimum absolute atomic E-state index is 0.00440. The first-order valence-electron chi connectivity index (χ1n) is 8.46. The molecule has 0 saturated heterocycles. The van der Waals surface area contributed by atoms with Gasteiger partial charge in [-0.2, -0.15) is 0 Å². The number of fused-ring (bicyclic) bond motifs is 1. The minimum Gasteiger partial charge on any atom is -0.480 e. The quantitative estimate of drug-likeness (QED) is 0.573. The Hall–Kier alpha value is -2.90. The van der Waals surface area contributed by atoms with Crippen molar-refractivity contribution in [3.8, 4) is 0 Å². The molecular weight excluding hydrogens is 338 g/mol. The van der Waals surface area contributed by atoms with Crippen molar-refractivity contribution in [2.24, 2.45) is 5.92 Å². The topological polar surface area (TPSA) is 125 Å². The van der Waals surface area contributed by atoms with Crippen LogP contribution in [-0.2, 0) is 19.2 Å². The van der Waals surface area contributed by atoms with Gasteiger partial charge in [-0.1, -0.05) is 32.0 Å². The smallest absolute Gasteiger partial charge is 0.326 e. The van der Waals surface area contributed by atoms with E-state index in [1.165, 1.54) is 0 Å². The summed E-state index contributed by atoms with van der Waals surface area (Å²) in [5, 5.41) is 16.7. The summed E-state index contributed by atoms with van der Waals surface area (Å²) in [6.45, 7) is 3.37. The summed E-state index contributed by atoms with van der Waals surface area (Å²) in [6.07, 6.45) is 0.292. The number of aliphatic carboxylic acids is 1. The van der Waals surface area contributed by atoms with Crippen LogP contribution in [0.1, 0.15) is 38.2 Å². The third-order valence-electron chi connectivity index (χ3n) is 4.08. The largest absolute Gasteiger partial charge is 0.480 e. The lowest BCUT2D eigenvalue weighted by Crippen LogP contribution is -2.47. The predicted molar refractivity (Wildman–Crippen MR) is 94.5 cm³/mol. The van der Waals surface area contributed by atoms with E-state index in [1.807, 2.05) is 13.8 Å². The van der Waals surface area contributed by atoms with Crippen LogP contribution in [0.2, 0.25) is 0 Å². The van der Waals surface area contributed by atoms with Gasteiger partial charge in [0.05, 0.1) is 12.5 Å². The number of carboxylic acids is 1. The molecule has 0 aliphatic carbocycles. The van der Waals surface area contributed by atoms with Gasteiger partial charge in [0.25, 0.3) is 0 Å². The summed E-state index contributed by atoms with van der Waals surface area (Å²) in [6, 6.07) is 5.99. The van der Waals surface area contributed by atoms with E-state index >= 15 is 0 Å². The normalized spacial score (nSPS) is 17.0. The predicted octanol–water partition coefficient (Wildman–Crippen LogP) is 0.844. The second-order valence-electron chi connectivity index (χ2n) is 6.70. The second kappa shape index (κ2) is 8.46. The van der Waals surface area contributed by atoms with Crippen molar-refractivity contribution in [2.75, 3.05) is 11.9 Å². The van der Waals surface area contributed by atoms with Gasteiger partial charge in [-0.3, -0.25) is 14.4 Å². The molecule has 26 heavy (non-hydrogen) atoms. The lowest BCUT2D eigenvalue weighted by atomic mass is 9.90. The van der Waals surface area contributed by atoms with Gasteiger partial charge in [-0.25, -0.2) is 4.79 Å². The number of rotatable bonds is 7. The van der Waals surface area contributed by atoms with E-state index < -0.39 is 29.7 Å². The number of carboxylic acid groups (broad SMARTS) is 1.